The van der Waals surface area contributed by atoms with Crippen molar-refractivity contribution in [2.45, 2.75) is 0 Å². The van der Waals surface area contributed by atoms with Crippen LogP contribution in [0.15, 0.2) is 243 Å². The standard InChI is InChI=1S/C63H40N6/c64-41-42-35-53(57-39-55(45-23-11-3-12-24-45)65-62(67-57)47-27-15-5-16-28-47)61(54(36-42)58-40-56(46-25-13-4-14-26-46)66-63(68-58)48-29-17-6-18-30-48)69-59-33-31-49(43-19-7-1-8-20-43)37-51(59)52-38-50(32-34-60(52)69)44-21-9-2-10-22-44/h1-40H. The summed E-state index contributed by atoms with van der Waals surface area (Å²) in [7, 11) is 0. The molecule has 3 aromatic heterocycles. The predicted octanol–water partition coefficient (Wildman–Crippen LogP) is 15.6. The van der Waals surface area contributed by atoms with Gasteiger partial charge >= 0.3 is 0 Å². The quantitative estimate of drug-likeness (QED) is 0.144. The van der Waals surface area contributed by atoms with Crippen LogP contribution in [-0.2, 0) is 0 Å². The maximum Gasteiger partial charge on any atom is 0.160 e. The number of nitrogens with zero attached hydrogens (tertiary/aromatic N) is 6. The van der Waals surface area contributed by atoms with E-state index in [0.717, 1.165) is 94.5 Å². The molecule has 12 aromatic rings. The van der Waals surface area contributed by atoms with Crippen LogP contribution < -0.4 is 0 Å². The molecule has 69 heavy (non-hydrogen) atoms. The van der Waals surface area contributed by atoms with Crippen LogP contribution in [-0.4, -0.2) is 24.5 Å². The second-order valence-electron chi connectivity index (χ2n) is 17.0. The summed E-state index contributed by atoms with van der Waals surface area (Å²) in [5.74, 6) is 1.15. The molecule has 9 aromatic carbocycles. The van der Waals surface area contributed by atoms with E-state index in [4.69, 9.17) is 19.9 Å². The highest BCUT2D eigenvalue weighted by Crippen LogP contribution is 2.45. The average molecular weight is 881 g/mol. The summed E-state index contributed by atoms with van der Waals surface area (Å²) in [6.07, 6.45) is 0. The zero-order valence-electron chi connectivity index (χ0n) is 37.3. The molecule has 0 unspecified atom stereocenters. The summed E-state index contributed by atoms with van der Waals surface area (Å²) in [6.45, 7) is 0. The van der Waals surface area contributed by atoms with Crippen LogP contribution in [0.4, 0.5) is 0 Å². The predicted molar refractivity (Wildman–Crippen MR) is 280 cm³/mol. The van der Waals surface area contributed by atoms with Crippen molar-refractivity contribution in [3.63, 3.8) is 0 Å². The van der Waals surface area contributed by atoms with E-state index < -0.39 is 0 Å². The number of hydrogen-bond donors (Lipinski definition) is 0. The fourth-order valence-electron chi connectivity index (χ4n) is 9.33. The van der Waals surface area contributed by atoms with Gasteiger partial charge in [0.15, 0.2) is 11.6 Å². The number of fused-ring (bicyclic) bond motifs is 3. The first kappa shape index (κ1) is 40.9. The third-order valence-electron chi connectivity index (χ3n) is 12.6. The SMILES string of the molecule is N#Cc1cc(-c2cc(-c3ccccc3)nc(-c3ccccc3)n2)c(-n2c3ccc(-c4ccccc4)cc3c3cc(-c4ccccc4)ccc32)c(-c2cc(-c3ccccc3)nc(-c3ccccc3)n2)c1. The van der Waals surface area contributed by atoms with Gasteiger partial charge in [0, 0.05) is 44.2 Å². The molecule has 0 saturated heterocycles. The smallest absolute Gasteiger partial charge is 0.160 e. The van der Waals surface area contributed by atoms with Crippen molar-refractivity contribution >= 4 is 21.8 Å². The third kappa shape index (κ3) is 7.80. The Morgan fingerprint density at radius 3 is 1.00 bits per heavy atom. The Labute approximate surface area is 399 Å². The summed E-state index contributed by atoms with van der Waals surface area (Å²) in [5.41, 5.74) is 15.7. The van der Waals surface area contributed by atoms with Crippen molar-refractivity contribution in [2.24, 2.45) is 0 Å². The lowest BCUT2D eigenvalue weighted by Gasteiger charge is -2.20. The lowest BCUT2D eigenvalue weighted by molar-refractivity contribution is 1.14. The highest BCUT2D eigenvalue weighted by Gasteiger charge is 2.25. The fourth-order valence-corrected chi connectivity index (χ4v) is 9.33. The molecule has 0 spiro atoms. The zero-order chi connectivity index (χ0) is 46.1. The molecule has 3 heterocycles. The normalized spacial score (nSPS) is 11.2. The molecule has 0 amide bonds. The lowest BCUT2D eigenvalue weighted by Crippen LogP contribution is -2.05. The number of rotatable bonds is 9. The Kier molecular flexibility index (Phi) is 10.5. The van der Waals surface area contributed by atoms with E-state index in [0.29, 0.717) is 28.6 Å². The summed E-state index contributed by atoms with van der Waals surface area (Å²) in [6, 6.07) is 85.6. The molecule has 322 valence electrons. The van der Waals surface area contributed by atoms with Crippen molar-refractivity contribution < 1.29 is 0 Å². The molecule has 0 aliphatic heterocycles. The van der Waals surface area contributed by atoms with Crippen LogP contribution in [0.5, 0.6) is 0 Å². The molecule has 0 saturated carbocycles. The molecular weight excluding hydrogens is 841 g/mol. The Morgan fingerprint density at radius 2 is 0.638 bits per heavy atom. The Morgan fingerprint density at radius 1 is 0.304 bits per heavy atom. The van der Waals surface area contributed by atoms with Crippen LogP contribution in [0.2, 0.25) is 0 Å². The van der Waals surface area contributed by atoms with Crippen LogP contribution in [0.1, 0.15) is 5.56 Å². The second kappa shape index (κ2) is 17.7. The van der Waals surface area contributed by atoms with Gasteiger partial charge in [0.2, 0.25) is 0 Å². The molecule has 12 rings (SSSR count). The second-order valence-corrected chi connectivity index (χ2v) is 17.0. The Balaban J connectivity index is 1.23. The molecule has 0 aliphatic carbocycles. The van der Waals surface area contributed by atoms with E-state index >= 15 is 0 Å². The Hall–Kier alpha value is -9.57. The van der Waals surface area contributed by atoms with Crippen LogP contribution >= 0.6 is 0 Å². The highest BCUT2D eigenvalue weighted by molar-refractivity contribution is 6.13. The van der Waals surface area contributed by atoms with Crippen LogP contribution in [0.25, 0.3) is 118 Å². The van der Waals surface area contributed by atoms with Gasteiger partial charge in [-0.15, -0.1) is 0 Å². The lowest BCUT2D eigenvalue weighted by atomic mass is 9.95. The average Bonchev–Trinajstić information content (AvgIpc) is 3.76. The molecule has 6 nitrogen and oxygen atoms in total. The summed E-state index contributed by atoms with van der Waals surface area (Å²) in [5, 5.41) is 13.2. The number of aromatic nitrogens is 5. The zero-order valence-corrected chi connectivity index (χ0v) is 37.3. The third-order valence-corrected chi connectivity index (χ3v) is 12.6. The molecular formula is C63H40N6. The highest BCUT2D eigenvalue weighted by atomic mass is 15.0. The van der Waals surface area contributed by atoms with Crippen molar-refractivity contribution in [1.29, 1.82) is 5.26 Å². The van der Waals surface area contributed by atoms with E-state index in [1.54, 1.807) is 0 Å². The van der Waals surface area contributed by atoms with Gasteiger partial charge in [-0.25, -0.2) is 19.9 Å². The number of benzene rings is 9. The van der Waals surface area contributed by atoms with E-state index in [2.05, 4.69) is 120 Å². The molecule has 0 aliphatic rings. The first-order chi connectivity index (χ1) is 34.1. The van der Waals surface area contributed by atoms with Crippen molar-refractivity contribution in [1.82, 2.24) is 24.5 Å². The van der Waals surface area contributed by atoms with Crippen LogP contribution in [0.3, 0.4) is 0 Å². The molecule has 0 radical (unpaired) electrons. The van der Waals surface area contributed by atoms with Gasteiger partial charge in [-0.1, -0.05) is 194 Å². The van der Waals surface area contributed by atoms with Crippen molar-refractivity contribution in [3.05, 3.63) is 248 Å². The first-order valence-electron chi connectivity index (χ1n) is 22.9. The maximum absolute atomic E-state index is 11.0. The minimum atomic E-state index is 0.463. The Bertz CT molecular complexity index is 3510. The van der Waals surface area contributed by atoms with Gasteiger partial charge in [0.25, 0.3) is 0 Å². The van der Waals surface area contributed by atoms with Gasteiger partial charge in [-0.2, -0.15) is 5.26 Å². The minimum Gasteiger partial charge on any atom is -0.308 e. The first-order valence-corrected chi connectivity index (χ1v) is 22.9. The van der Waals surface area contributed by atoms with E-state index in [1.165, 1.54) is 0 Å². The van der Waals surface area contributed by atoms with Gasteiger partial charge < -0.3 is 4.57 Å². The summed E-state index contributed by atoms with van der Waals surface area (Å²) in [4.78, 5) is 21.2. The van der Waals surface area contributed by atoms with Gasteiger partial charge in [-0.05, 0) is 70.8 Å². The molecule has 6 heteroatoms. The van der Waals surface area contributed by atoms with E-state index in [9.17, 15) is 5.26 Å². The van der Waals surface area contributed by atoms with Gasteiger partial charge in [0.1, 0.15) is 0 Å². The summed E-state index contributed by atoms with van der Waals surface area (Å²) >= 11 is 0. The van der Waals surface area contributed by atoms with E-state index in [1.807, 2.05) is 133 Å². The number of hydrogen-bond acceptors (Lipinski definition) is 5. The topological polar surface area (TPSA) is 80.3 Å². The maximum atomic E-state index is 11.0. The fraction of sp³-hybridized carbons (Fsp3) is 0. The molecule has 0 fully saturated rings. The molecule has 0 bridgehead atoms. The summed E-state index contributed by atoms with van der Waals surface area (Å²) < 4.78 is 2.35. The molecule has 0 atom stereocenters. The van der Waals surface area contributed by atoms with E-state index in [-0.39, 0.29) is 0 Å². The van der Waals surface area contributed by atoms with Gasteiger partial charge in [-0.3, -0.25) is 0 Å². The van der Waals surface area contributed by atoms with Crippen molar-refractivity contribution in [3.8, 4) is 102 Å². The minimum absolute atomic E-state index is 0.463. The number of nitriles is 1. The largest absolute Gasteiger partial charge is 0.308 e. The van der Waals surface area contributed by atoms with Crippen molar-refractivity contribution in [2.75, 3.05) is 0 Å². The van der Waals surface area contributed by atoms with Gasteiger partial charge in [0.05, 0.1) is 51.1 Å². The molecule has 0 N–H and O–H groups in total. The van der Waals surface area contributed by atoms with Crippen LogP contribution in [0, 0.1) is 11.3 Å². The monoisotopic (exact) mass is 880 g/mol.